The highest BCUT2D eigenvalue weighted by molar-refractivity contribution is 8.08. The SMILES string of the molecule is Cc1ccc2c(c1)N(Cc1ccc(Cl)cc1)N=C(C(=O)N1CCCCC1)S2(=O)=O. The molecule has 0 spiro atoms. The maximum atomic E-state index is 13.2. The largest absolute Gasteiger partial charge is 0.337 e. The second-order valence-corrected chi connectivity index (χ2v) is 9.69. The maximum absolute atomic E-state index is 13.2. The van der Waals surface area contributed by atoms with E-state index >= 15 is 0 Å². The van der Waals surface area contributed by atoms with Crippen molar-refractivity contribution in [1.82, 2.24) is 4.90 Å². The summed E-state index contributed by atoms with van der Waals surface area (Å²) in [5.41, 5.74) is 2.31. The molecule has 1 saturated heterocycles. The minimum Gasteiger partial charge on any atom is -0.337 e. The number of hydrogen-bond acceptors (Lipinski definition) is 5. The molecule has 0 saturated carbocycles. The van der Waals surface area contributed by atoms with Crippen molar-refractivity contribution in [3.05, 3.63) is 58.6 Å². The number of anilines is 1. The Morgan fingerprint density at radius 3 is 2.45 bits per heavy atom. The molecule has 0 N–H and O–H groups in total. The number of hydrazone groups is 1. The van der Waals surface area contributed by atoms with E-state index in [1.807, 2.05) is 19.1 Å². The average Bonchev–Trinajstić information content (AvgIpc) is 2.71. The zero-order valence-corrected chi connectivity index (χ0v) is 17.7. The molecule has 152 valence electrons. The molecule has 0 bridgehead atoms. The normalized spacial score (nSPS) is 18.2. The van der Waals surface area contributed by atoms with Crippen molar-refractivity contribution in [2.45, 2.75) is 37.6 Å². The summed E-state index contributed by atoms with van der Waals surface area (Å²) in [4.78, 5) is 14.8. The molecule has 6 nitrogen and oxygen atoms in total. The summed E-state index contributed by atoms with van der Waals surface area (Å²) in [5, 5.41) is 6.17. The smallest absolute Gasteiger partial charge is 0.286 e. The monoisotopic (exact) mass is 431 g/mol. The number of amides is 1. The van der Waals surface area contributed by atoms with E-state index in [9.17, 15) is 13.2 Å². The molecule has 8 heteroatoms. The lowest BCUT2D eigenvalue weighted by Gasteiger charge is -2.31. The molecule has 1 amide bonds. The Hall–Kier alpha value is -2.38. The summed E-state index contributed by atoms with van der Waals surface area (Å²) < 4.78 is 26.4. The van der Waals surface area contributed by atoms with E-state index < -0.39 is 20.8 Å². The first kappa shape index (κ1) is 19.9. The highest BCUT2D eigenvalue weighted by atomic mass is 35.5. The van der Waals surface area contributed by atoms with Crippen LogP contribution in [0.25, 0.3) is 0 Å². The van der Waals surface area contributed by atoms with Gasteiger partial charge in [0.2, 0.25) is 14.9 Å². The van der Waals surface area contributed by atoms with Gasteiger partial charge in [-0.1, -0.05) is 29.8 Å². The first-order valence-corrected chi connectivity index (χ1v) is 11.5. The number of carbonyl (C=O) groups is 1. The molecule has 0 atom stereocenters. The predicted molar refractivity (Wildman–Crippen MR) is 114 cm³/mol. The van der Waals surface area contributed by atoms with Crippen LogP contribution in [0.5, 0.6) is 0 Å². The van der Waals surface area contributed by atoms with E-state index in [0.717, 1.165) is 30.4 Å². The number of piperidine rings is 1. The minimum atomic E-state index is -3.98. The van der Waals surface area contributed by atoms with Crippen molar-refractivity contribution in [1.29, 1.82) is 0 Å². The molecule has 0 aromatic heterocycles. The van der Waals surface area contributed by atoms with Gasteiger partial charge in [0.1, 0.15) is 0 Å². The topological polar surface area (TPSA) is 70.1 Å². The maximum Gasteiger partial charge on any atom is 0.286 e. The lowest BCUT2D eigenvalue weighted by atomic mass is 10.1. The zero-order valence-electron chi connectivity index (χ0n) is 16.1. The van der Waals surface area contributed by atoms with Crippen LogP contribution in [-0.2, 0) is 21.2 Å². The molecule has 2 aliphatic rings. The van der Waals surface area contributed by atoms with Crippen molar-refractivity contribution in [2.24, 2.45) is 5.10 Å². The summed E-state index contributed by atoms with van der Waals surface area (Å²) in [6.07, 6.45) is 2.81. The fraction of sp³-hybridized carbons (Fsp3) is 0.333. The first-order chi connectivity index (χ1) is 13.9. The molecule has 2 aromatic rings. The standard InChI is InChI=1S/C21H22ClN3O3S/c1-15-5-10-19-18(13-15)25(14-16-6-8-17(22)9-7-16)23-20(29(19,27)28)21(26)24-11-3-2-4-12-24/h5-10,13H,2-4,11-12,14H2,1H3. The number of fused-ring (bicyclic) bond motifs is 1. The Morgan fingerprint density at radius 2 is 1.76 bits per heavy atom. The summed E-state index contributed by atoms with van der Waals surface area (Å²) in [7, 11) is -3.98. The number of nitrogens with zero attached hydrogens (tertiary/aromatic N) is 3. The van der Waals surface area contributed by atoms with Gasteiger partial charge in [0, 0.05) is 18.1 Å². The van der Waals surface area contributed by atoms with Gasteiger partial charge in [-0.25, -0.2) is 8.42 Å². The van der Waals surface area contributed by atoms with E-state index in [0.29, 0.717) is 30.3 Å². The van der Waals surface area contributed by atoms with Crippen LogP contribution in [0.1, 0.15) is 30.4 Å². The fourth-order valence-corrected chi connectivity index (χ4v) is 5.24. The Kier molecular flexibility index (Phi) is 5.36. The number of benzene rings is 2. The molecule has 2 aromatic carbocycles. The lowest BCUT2D eigenvalue weighted by Crippen LogP contribution is -2.45. The highest BCUT2D eigenvalue weighted by Gasteiger charge is 2.39. The van der Waals surface area contributed by atoms with Crippen molar-refractivity contribution >= 4 is 38.1 Å². The second-order valence-electron chi connectivity index (χ2n) is 7.42. The van der Waals surface area contributed by atoms with Crippen LogP contribution in [0.2, 0.25) is 5.02 Å². The predicted octanol–water partition coefficient (Wildman–Crippen LogP) is 3.77. The number of aryl methyl sites for hydroxylation is 1. The molecule has 29 heavy (non-hydrogen) atoms. The van der Waals surface area contributed by atoms with E-state index in [1.165, 1.54) is 0 Å². The van der Waals surface area contributed by atoms with E-state index in [1.54, 1.807) is 40.2 Å². The Morgan fingerprint density at radius 1 is 1.07 bits per heavy atom. The minimum absolute atomic E-state index is 0.118. The summed E-state index contributed by atoms with van der Waals surface area (Å²) in [5.74, 6) is -0.517. The summed E-state index contributed by atoms with van der Waals surface area (Å²) >= 11 is 5.97. The van der Waals surface area contributed by atoms with Gasteiger partial charge in [-0.2, -0.15) is 5.10 Å². The van der Waals surface area contributed by atoms with Crippen molar-refractivity contribution < 1.29 is 13.2 Å². The van der Waals surface area contributed by atoms with Crippen molar-refractivity contribution in [3.8, 4) is 0 Å². The summed E-state index contributed by atoms with van der Waals surface area (Å²) in [6.45, 7) is 3.35. The van der Waals surface area contributed by atoms with E-state index in [2.05, 4.69) is 5.10 Å². The number of carbonyl (C=O) groups excluding carboxylic acids is 1. The fourth-order valence-electron chi connectivity index (χ4n) is 3.65. The molecule has 4 rings (SSSR count). The van der Waals surface area contributed by atoms with Crippen LogP contribution in [0.4, 0.5) is 5.69 Å². The van der Waals surface area contributed by atoms with Gasteiger partial charge in [0.15, 0.2) is 0 Å². The van der Waals surface area contributed by atoms with Gasteiger partial charge < -0.3 is 4.90 Å². The van der Waals surface area contributed by atoms with Crippen molar-refractivity contribution in [2.75, 3.05) is 18.1 Å². The van der Waals surface area contributed by atoms with Crippen LogP contribution in [0.3, 0.4) is 0 Å². The molecule has 1 fully saturated rings. The number of sulfone groups is 1. The quantitative estimate of drug-likeness (QED) is 0.741. The Labute approximate surface area is 175 Å². The third-order valence-electron chi connectivity index (χ3n) is 5.22. The van der Waals surface area contributed by atoms with Crippen LogP contribution in [0, 0.1) is 6.92 Å². The van der Waals surface area contributed by atoms with Crippen LogP contribution >= 0.6 is 11.6 Å². The first-order valence-electron chi connectivity index (χ1n) is 9.62. The van der Waals surface area contributed by atoms with Crippen molar-refractivity contribution in [3.63, 3.8) is 0 Å². The zero-order chi connectivity index (χ0) is 20.6. The van der Waals surface area contributed by atoms with Gasteiger partial charge in [-0.3, -0.25) is 9.80 Å². The number of hydrogen-bond donors (Lipinski definition) is 0. The van der Waals surface area contributed by atoms with Gasteiger partial charge >= 0.3 is 0 Å². The molecular weight excluding hydrogens is 410 g/mol. The number of likely N-dealkylation sites (tertiary alicyclic amines) is 1. The van der Waals surface area contributed by atoms with Gasteiger partial charge in [0.05, 0.1) is 17.1 Å². The molecule has 2 heterocycles. The third-order valence-corrected chi connectivity index (χ3v) is 7.16. The Bertz CT molecular complexity index is 1070. The average molecular weight is 432 g/mol. The highest BCUT2D eigenvalue weighted by Crippen LogP contribution is 2.34. The van der Waals surface area contributed by atoms with Crippen LogP contribution < -0.4 is 5.01 Å². The number of rotatable bonds is 3. The Balaban J connectivity index is 1.77. The van der Waals surface area contributed by atoms with Crippen LogP contribution in [0.15, 0.2) is 52.5 Å². The third kappa shape index (κ3) is 3.89. The van der Waals surface area contributed by atoms with Gasteiger partial charge in [-0.05, 0) is 61.6 Å². The number of halogens is 1. The van der Waals surface area contributed by atoms with E-state index in [-0.39, 0.29) is 4.90 Å². The lowest BCUT2D eigenvalue weighted by molar-refractivity contribution is -0.124. The van der Waals surface area contributed by atoms with E-state index in [4.69, 9.17) is 11.6 Å². The van der Waals surface area contributed by atoms with Gasteiger partial charge in [0.25, 0.3) is 5.91 Å². The molecular formula is C21H22ClN3O3S. The molecule has 0 radical (unpaired) electrons. The second kappa shape index (κ2) is 7.80. The summed E-state index contributed by atoms with van der Waals surface area (Å²) in [6, 6.07) is 12.4. The van der Waals surface area contributed by atoms with Crippen LogP contribution in [-0.4, -0.2) is 37.4 Å². The molecule has 0 unspecified atom stereocenters. The molecule has 2 aliphatic heterocycles. The van der Waals surface area contributed by atoms with Gasteiger partial charge in [-0.15, -0.1) is 0 Å². The molecule has 0 aliphatic carbocycles.